The van der Waals surface area contributed by atoms with Crippen LogP contribution in [0.1, 0.15) is 19.8 Å². The lowest BCUT2D eigenvalue weighted by molar-refractivity contribution is 0.111. The summed E-state index contributed by atoms with van der Waals surface area (Å²) >= 11 is 5.09. The molecule has 0 saturated carbocycles. The highest BCUT2D eigenvalue weighted by Crippen LogP contribution is 2.30. The van der Waals surface area contributed by atoms with E-state index in [0.717, 1.165) is 39.1 Å². The fourth-order valence-electron chi connectivity index (χ4n) is 1.74. The lowest BCUT2D eigenvalue weighted by atomic mass is 9.80. The largest absolute Gasteiger partial charge is 0.393 e. The summed E-state index contributed by atoms with van der Waals surface area (Å²) in [4.78, 5) is 3.08. The van der Waals surface area contributed by atoms with Gasteiger partial charge in [-0.1, -0.05) is 19.1 Å². The van der Waals surface area contributed by atoms with Gasteiger partial charge in [-0.2, -0.15) is 0 Å². The second kappa shape index (κ2) is 5.05. The van der Waals surface area contributed by atoms with Crippen LogP contribution in [0.15, 0.2) is 0 Å². The fourth-order valence-corrected chi connectivity index (χ4v) is 1.94. The van der Waals surface area contributed by atoms with Crippen LogP contribution < -0.4 is 5.73 Å². The lowest BCUT2D eigenvalue weighted by Crippen LogP contribution is -2.45. The first-order valence-electron chi connectivity index (χ1n) is 5.10. The van der Waals surface area contributed by atoms with E-state index in [-0.39, 0.29) is 5.41 Å². The Balaban J connectivity index is 2.34. The van der Waals surface area contributed by atoms with Crippen molar-refractivity contribution < 1.29 is 4.74 Å². The van der Waals surface area contributed by atoms with Crippen LogP contribution in [0.5, 0.6) is 0 Å². The number of rotatable bonds is 4. The Hall–Kier alpha value is -0.190. The van der Waals surface area contributed by atoms with Gasteiger partial charge in [0.15, 0.2) is 0 Å². The molecule has 2 N–H and O–H groups in total. The highest BCUT2D eigenvalue weighted by Gasteiger charge is 2.32. The van der Waals surface area contributed by atoms with Crippen LogP contribution in [0.4, 0.5) is 0 Å². The molecule has 1 fully saturated rings. The van der Waals surface area contributed by atoms with Gasteiger partial charge in [0.2, 0.25) is 0 Å². The van der Waals surface area contributed by atoms with E-state index < -0.39 is 0 Å². The van der Waals surface area contributed by atoms with E-state index in [2.05, 4.69) is 11.8 Å². The van der Waals surface area contributed by atoms with Crippen LogP contribution in [-0.4, -0.2) is 43.2 Å². The van der Waals surface area contributed by atoms with Crippen molar-refractivity contribution in [2.75, 3.05) is 33.4 Å². The first kappa shape index (κ1) is 11.9. The first-order chi connectivity index (χ1) is 6.58. The molecule has 0 radical (unpaired) electrons. The van der Waals surface area contributed by atoms with E-state index in [4.69, 9.17) is 22.7 Å². The Morgan fingerprint density at radius 3 is 2.50 bits per heavy atom. The van der Waals surface area contributed by atoms with Crippen LogP contribution >= 0.6 is 12.2 Å². The first-order valence-corrected chi connectivity index (χ1v) is 5.50. The second-order valence-corrected chi connectivity index (χ2v) is 4.70. The fraction of sp³-hybridized carbons (Fsp3) is 0.900. The SMILES string of the molecule is COCCN1CCC(C)(C(N)=S)CC1. The maximum atomic E-state index is 5.74. The molecule has 1 saturated heterocycles. The van der Waals surface area contributed by atoms with Gasteiger partial charge in [-0.05, 0) is 25.9 Å². The van der Waals surface area contributed by atoms with Crippen LogP contribution in [0, 0.1) is 5.41 Å². The molecule has 0 aromatic rings. The van der Waals surface area contributed by atoms with Gasteiger partial charge in [-0.3, -0.25) is 0 Å². The number of hydrogen-bond acceptors (Lipinski definition) is 3. The normalized spacial score (nSPS) is 22.1. The predicted molar refractivity (Wildman–Crippen MR) is 62.4 cm³/mol. The summed E-state index contributed by atoms with van der Waals surface area (Å²) in [7, 11) is 1.74. The number of likely N-dealkylation sites (tertiary alicyclic amines) is 1. The zero-order valence-electron chi connectivity index (χ0n) is 9.08. The van der Waals surface area contributed by atoms with Crippen molar-refractivity contribution in [3.8, 4) is 0 Å². The van der Waals surface area contributed by atoms with Crippen LogP contribution in [0.3, 0.4) is 0 Å². The number of nitrogens with zero attached hydrogens (tertiary/aromatic N) is 1. The third-order valence-electron chi connectivity index (χ3n) is 3.17. The van der Waals surface area contributed by atoms with E-state index in [1.165, 1.54) is 0 Å². The molecule has 14 heavy (non-hydrogen) atoms. The van der Waals surface area contributed by atoms with Crippen molar-refractivity contribution >= 4 is 17.2 Å². The van der Waals surface area contributed by atoms with E-state index >= 15 is 0 Å². The average Bonchev–Trinajstić information content (AvgIpc) is 2.17. The summed E-state index contributed by atoms with van der Waals surface area (Å²) in [5.74, 6) is 0. The zero-order chi connectivity index (χ0) is 10.6. The molecule has 0 aromatic carbocycles. The van der Waals surface area contributed by atoms with Gasteiger partial charge in [0, 0.05) is 19.1 Å². The summed E-state index contributed by atoms with van der Waals surface area (Å²) < 4.78 is 5.05. The standard InChI is InChI=1S/C10H20N2OS/c1-10(9(11)14)3-5-12(6-4-10)7-8-13-2/h3-8H2,1-2H3,(H2,11,14). The molecule has 82 valence electrons. The van der Waals surface area contributed by atoms with Crippen LogP contribution in [-0.2, 0) is 4.74 Å². The average molecular weight is 216 g/mol. The summed E-state index contributed by atoms with van der Waals surface area (Å²) in [6.07, 6.45) is 2.15. The zero-order valence-corrected chi connectivity index (χ0v) is 9.90. The molecule has 0 aromatic heterocycles. The molecule has 1 heterocycles. The van der Waals surface area contributed by atoms with Crippen molar-refractivity contribution in [3.05, 3.63) is 0 Å². The highest BCUT2D eigenvalue weighted by molar-refractivity contribution is 7.80. The summed E-state index contributed by atoms with van der Waals surface area (Å²) in [5.41, 5.74) is 5.82. The molecule has 0 spiro atoms. The van der Waals surface area contributed by atoms with Gasteiger partial charge in [0.05, 0.1) is 11.6 Å². The molecule has 1 aliphatic heterocycles. The molecule has 1 aliphatic rings. The van der Waals surface area contributed by atoms with Gasteiger partial charge < -0.3 is 15.4 Å². The van der Waals surface area contributed by atoms with Crippen molar-refractivity contribution in [2.45, 2.75) is 19.8 Å². The number of ether oxygens (including phenoxy) is 1. The van der Waals surface area contributed by atoms with Gasteiger partial charge in [0.1, 0.15) is 0 Å². The minimum Gasteiger partial charge on any atom is -0.393 e. The minimum absolute atomic E-state index is 0.0822. The Morgan fingerprint density at radius 1 is 1.50 bits per heavy atom. The highest BCUT2D eigenvalue weighted by atomic mass is 32.1. The summed E-state index contributed by atoms with van der Waals surface area (Å²) in [5, 5.41) is 0. The van der Waals surface area contributed by atoms with Crippen LogP contribution in [0.2, 0.25) is 0 Å². The Bertz CT molecular complexity index is 200. The molecule has 3 nitrogen and oxygen atoms in total. The van der Waals surface area contributed by atoms with E-state index in [0.29, 0.717) is 4.99 Å². The van der Waals surface area contributed by atoms with Gasteiger partial charge in [0.25, 0.3) is 0 Å². The maximum absolute atomic E-state index is 5.74. The molecule has 0 atom stereocenters. The molecule has 1 rings (SSSR count). The smallest absolute Gasteiger partial charge is 0.0788 e. The number of piperidine rings is 1. The van der Waals surface area contributed by atoms with Crippen molar-refractivity contribution in [3.63, 3.8) is 0 Å². The van der Waals surface area contributed by atoms with Crippen molar-refractivity contribution in [1.29, 1.82) is 0 Å². The molecule has 0 bridgehead atoms. The molecule has 0 amide bonds. The third kappa shape index (κ3) is 2.90. The quantitative estimate of drug-likeness (QED) is 0.712. The number of methoxy groups -OCH3 is 1. The molecular weight excluding hydrogens is 196 g/mol. The lowest BCUT2D eigenvalue weighted by Gasteiger charge is -2.38. The summed E-state index contributed by atoms with van der Waals surface area (Å²) in [6.45, 7) is 6.16. The summed E-state index contributed by atoms with van der Waals surface area (Å²) in [6, 6.07) is 0. The third-order valence-corrected chi connectivity index (χ3v) is 3.66. The maximum Gasteiger partial charge on any atom is 0.0788 e. The predicted octanol–water partition coefficient (Wildman–Crippen LogP) is 1.02. The molecule has 4 heteroatoms. The van der Waals surface area contributed by atoms with Gasteiger partial charge in [-0.15, -0.1) is 0 Å². The van der Waals surface area contributed by atoms with Gasteiger partial charge >= 0.3 is 0 Å². The molecule has 0 unspecified atom stereocenters. The van der Waals surface area contributed by atoms with E-state index in [9.17, 15) is 0 Å². The second-order valence-electron chi connectivity index (χ2n) is 4.26. The van der Waals surface area contributed by atoms with Gasteiger partial charge in [-0.25, -0.2) is 0 Å². The number of nitrogens with two attached hydrogens (primary N) is 1. The number of hydrogen-bond donors (Lipinski definition) is 1. The van der Waals surface area contributed by atoms with Crippen LogP contribution in [0.25, 0.3) is 0 Å². The topological polar surface area (TPSA) is 38.5 Å². The van der Waals surface area contributed by atoms with Crippen molar-refractivity contribution in [1.82, 2.24) is 4.90 Å². The Kier molecular flexibility index (Phi) is 4.29. The molecular formula is C10H20N2OS. The molecule has 0 aliphatic carbocycles. The monoisotopic (exact) mass is 216 g/mol. The number of thiocarbonyl (C=S) groups is 1. The minimum atomic E-state index is 0.0822. The van der Waals surface area contributed by atoms with E-state index in [1.54, 1.807) is 7.11 Å². The van der Waals surface area contributed by atoms with Crippen molar-refractivity contribution in [2.24, 2.45) is 11.1 Å². The Labute approximate surface area is 91.6 Å². The van der Waals surface area contributed by atoms with E-state index in [1.807, 2.05) is 0 Å². The Morgan fingerprint density at radius 2 is 2.07 bits per heavy atom.